The van der Waals surface area contributed by atoms with Crippen molar-refractivity contribution in [2.45, 2.75) is 44.2 Å². The number of fused-ring (bicyclic) bond motifs is 1. The van der Waals surface area contributed by atoms with E-state index in [2.05, 4.69) is 5.32 Å². The average Bonchev–Trinajstić information content (AvgIpc) is 3.00. The van der Waals surface area contributed by atoms with E-state index in [1.165, 1.54) is 17.0 Å². The third kappa shape index (κ3) is 5.20. The first kappa shape index (κ1) is 24.7. The third-order valence-corrected chi connectivity index (χ3v) is 7.67. The highest BCUT2D eigenvalue weighted by atomic mass is 35.5. The summed E-state index contributed by atoms with van der Waals surface area (Å²) in [6.45, 7) is 3.74. The van der Waals surface area contributed by atoms with Crippen LogP contribution in [0, 0.1) is 0 Å². The van der Waals surface area contributed by atoms with E-state index < -0.39 is 27.9 Å². The number of rotatable bonds is 9. The molecule has 10 heteroatoms. The van der Waals surface area contributed by atoms with Gasteiger partial charge in [-0.25, -0.2) is 12.7 Å². The highest BCUT2D eigenvalue weighted by molar-refractivity contribution is 7.90. The second-order valence-electron chi connectivity index (χ2n) is 7.71. The van der Waals surface area contributed by atoms with Crippen molar-refractivity contribution in [2.24, 2.45) is 0 Å². The summed E-state index contributed by atoms with van der Waals surface area (Å²) in [5, 5.41) is 3.22. The lowest BCUT2D eigenvalue weighted by molar-refractivity contribution is -0.140. The summed E-state index contributed by atoms with van der Waals surface area (Å²) in [4.78, 5) is 39.7. The fourth-order valence-electron chi connectivity index (χ4n) is 3.58. The fraction of sp³-hybridized carbons (Fsp3) is 0.348. The second-order valence-corrected chi connectivity index (χ2v) is 9.95. The van der Waals surface area contributed by atoms with Gasteiger partial charge in [0.1, 0.15) is 10.9 Å². The molecule has 0 unspecified atom stereocenters. The molecule has 0 fully saturated rings. The van der Waals surface area contributed by atoms with Gasteiger partial charge in [-0.05, 0) is 37.1 Å². The van der Waals surface area contributed by atoms with Crippen LogP contribution >= 0.6 is 11.6 Å². The molecule has 8 nitrogen and oxygen atoms in total. The molecular formula is C23H26ClN3O5S. The molecule has 0 radical (unpaired) electrons. The maximum absolute atomic E-state index is 13.2. The lowest BCUT2D eigenvalue weighted by Gasteiger charge is -2.29. The van der Waals surface area contributed by atoms with E-state index in [0.29, 0.717) is 21.4 Å². The number of hydrogen-bond acceptors (Lipinski definition) is 5. The predicted molar refractivity (Wildman–Crippen MR) is 124 cm³/mol. The molecule has 0 saturated heterocycles. The monoisotopic (exact) mass is 491 g/mol. The normalized spacial score (nSPS) is 15.1. The Hall–Kier alpha value is -2.91. The van der Waals surface area contributed by atoms with Gasteiger partial charge >= 0.3 is 0 Å². The van der Waals surface area contributed by atoms with Crippen LogP contribution in [0.25, 0.3) is 0 Å². The van der Waals surface area contributed by atoms with Crippen LogP contribution < -0.4 is 5.32 Å². The van der Waals surface area contributed by atoms with E-state index in [1.54, 1.807) is 43.3 Å². The Bertz CT molecular complexity index is 1170. The van der Waals surface area contributed by atoms with E-state index in [4.69, 9.17) is 11.6 Å². The highest BCUT2D eigenvalue weighted by Crippen LogP contribution is 2.30. The van der Waals surface area contributed by atoms with Crippen LogP contribution in [0.5, 0.6) is 0 Å². The van der Waals surface area contributed by atoms with Crippen molar-refractivity contribution in [3.63, 3.8) is 0 Å². The largest absolute Gasteiger partial charge is 0.354 e. The number of amides is 3. The molecule has 0 aromatic heterocycles. The van der Waals surface area contributed by atoms with Crippen LogP contribution in [-0.2, 0) is 26.2 Å². The Labute approximate surface area is 198 Å². The van der Waals surface area contributed by atoms with Crippen LogP contribution in [0.3, 0.4) is 0 Å². The van der Waals surface area contributed by atoms with Gasteiger partial charge in [0.25, 0.3) is 15.9 Å². The second kappa shape index (κ2) is 10.4. The maximum atomic E-state index is 13.2. The Morgan fingerprint density at radius 3 is 2.45 bits per heavy atom. The van der Waals surface area contributed by atoms with Gasteiger partial charge in [-0.15, -0.1) is 0 Å². The molecule has 0 spiro atoms. The minimum absolute atomic E-state index is 0.0670. The van der Waals surface area contributed by atoms with Gasteiger partial charge in [-0.1, -0.05) is 48.9 Å². The smallest absolute Gasteiger partial charge is 0.269 e. The Balaban J connectivity index is 1.79. The number of halogens is 1. The van der Waals surface area contributed by atoms with Crippen molar-refractivity contribution in [1.82, 2.24) is 14.5 Å². The quantitative estimate of drug-likeness (QED) is 0.581. The number of carbonyl (C=O) groups is 3. The number of carbonyl (C=O) groups excluding carboxylic acids is 3. The molecule has 33 heavy (non-hydrogen) atoms. The zero-order chi connectivity index (χ0) is 24.2. The molecule has 1 atom stereocenters. The van der Waals surface area contributed by atoms with Crippen molar-refractivity contribution in [3.05, 3.63) is 64.7 Å². The van der Waals surface area contributed by atoms with Crippen molar-refractivity contribution in [3.8, 4) is 0 Å². The van der Waals surface area contributed by atoms with Gasteiger partial charge < -0.3 is 10.2 Å². The number of nitrogens with zero attached hydrogens (tertiary/aromatic N) is 2. The van der Waals surface area contributed by atoms with E-state index >= 15 is 0 Å². The molecule has 1 heterocycles. The standard InChI is InChI=1S/C23H26ClN3O5S/c1-3-13-25-22(29)16(2)26(15-17-8-4-6-10-19(17)24)21(28)12-14-27-23(30)18-9-5-7-11-20(18)33(27,31)32/h4-11,16H,3,12-15H2,1-2H3,(H,25,29)/t16-/m1/s1. The summed E-state index contributed by atoms with van der Waals surface area (Å²) < 4.78 is 26.3. The molecule has 3 amide bonds. The van der Waals surface area contributed by atoms with Crippen LogP contribution in [0.15, 0.2) is 53.4 Å². The van der Waals surface area contributed by atoms with Crippen LogP contribution in [0.1, 0.15) is 42.6 Å². The predicted octanol–water partition coefficient (Wildman–Crippen LogP) is 2.82. The highest BCUT2D eigenvalue weighted by Gasteiger charge is 2.41. The van der Waals surface area contributed by atoms with Gasteiger partial charge in [0.2, 0.25) is 11.8 Å². The SMILES string of the molecule is CCCNC(=O)[C@@H](C)N(Cc1ccccc1Cl)C(=O)CCN1C(=O)c2ccccc2S1(=O)=O. The first-order chi connectivity index (χ1) is 15.7. The van der Waals surface area contributed by atoms with Gasteiger partial charge in [0, 0.05) is 31.1 Å². The van der Waals surface area contributed by atoms with Crippen molar-refractivity contribution < 1.29 is 22.8 Å². The molecule has 0 bridgehead atoms. The summed E-state index contributed by atoms with van der Waals surface area (Å²) in [6, 6.07) is 12.1. The van der Waals surface area contributed by atoms with E-state index in [9.17, 15) is 22.8 Å². The Kier molecular flexibility index (Phi) is 7.76. The molecule has 1 aliphatic rings. The maximum Gasteiger partial charge on any atom is 0.269 e. The molecular weight excluding hydrogens is 466 g/mol. The molecule has 0 aliphatic carbocycles. The van der Waals surface area contributed by atoms with Crippen molar-refractivity contribution >= 4 is 39.3 Å². The lowest BCUT2D eigenvalue weighted by Crippen LogP contribution is -2.48. The minimum atomic E-state index is -4.02. The summed E-state index contributed by atoms with van der Waals surface area (Å²) >= 11 is 6.26. The van der Waals surface area contributed by atoms with E-state index in [1.807, 2.05) is 6.92 Å². The zero-order valence-corrected chi connectivity index (χ0v) is 20.0. The Morgan fingerprint density at radius 2 is 1.79 bits per heavy atom. The number of sulfonamides is 1. The van der Waals surface area contributed by atoms with Gasteiger partial charge in [0.15, 0.2) is 0 Å². The molecule has 3 rings (SSSR count). The van der Waals surface area contributed by atoms with Crippen molar-refractivity contribution in [1.29, 1.82) is 0 Å². The van der Waals surface area contributed by atoms with Gasteiger partial charge in [-0.2, -0.15) is 0 Å². The topological polar surface area (TPSA) is 104 Å². The molecule has 2 aromatic carbocycles. The zero-order valence-electron chi connectivity index (χ0n) is 18.5. The molecule has 0 saturated carbocycles. The molecule has 1 N–H and O–H groups in total. The van der Waals surface area contributed by atoms with Crippen LogP contribution in [0.4, 0.5) is 0 Å². The lowest BCUT2D eigenvalue weighted by atomic mass is 10.1. The van der Waals surface area contributed by atoms with Gasteiger partial charge in [0.05, 0.1) is 5.56 Å². The summed E-state index contributed by atoms with van der Waals surface area (Å²) in [5.74, 6) is -1.45. The molecule has 176 valence electrons. The average molecular weight is 492 g/mol. The van der Waals surface area contributed by atoms with Crippen molar-refractivity contribution in [2.75, 3.05) is 13.1 Å². The third-order valence-electron chi connectivity index (χ3n) is 5.46. The number of hydrogen-bond donors (Lipinski definition) is 1. The van der Waals surface area contributed by atoms with Crippen LogP contribution in [0.2, 0.25) is 5.02 Å². The van der Waals surface area contributed by atoms with E-state index in [0.717, 1.165) is 6.42 Å². The number of nitrogens with one attached hydrogen (secondary N) is 1. The van der Waals surface area contributed by atoms with Gasteiger partial charge in [-0.3, -0.25) is 14.4 Å². The Morgan fingerprint density at radius 1 is 1.12 bits per heavy atom. The van der Waals surface area contributed by atoms with E-state index in [-0.39, 0.29) is 35.9 Å². The number of benzene rings is 2. The summed E-state index contributed by atoms with van der Waals surface area (Å²) in [7, 11) is -4.02. The molecule has 2 aromatic rings. The first-order valence-corrected chi connectivity index (χ1v) is 12.5. The summed E-state index contributed by atoms with van der Waals surface area (Å²) in [5.41, 5.74) is 0.741. The van der Waals surface area contributed by atoms with Crippen LogP contribution in [-0.4, -0.2) is 54.5 Å². The first-order valence-electron chi connectivity index (χ1n) is 10.6. The minimum Gasteiger partial charge on any atom is -0.354 e. The summed E-state index contributed by atoms with van der Waals surface area (Å²) in [6.07, 6.45) is 0.473. The molecule has 1 aliphatic heterocycles. The fourth-order valence-corrected chi connectivity index (χ4v) is 5.35.